The van der Waals surface area contributed by atoms with Gasteiger partial charge in [-0.1, -0.05) is 25.1 Å². The van der Waals surface area contributed by atoms with Crippen LogP contribution < -0.4 is 10.6 Å². The summed E-state index contributed by atoms with van der Waals surface area (Å²) in [5, 5.41) is 6.96. The molecule has 1 aliphatic rings. The Morgan fingerprint density at radius 1 is 1.45 bits per heavy atom. The molecule has 1 aliphatic heterocycles. The quantitative estimate of drug-likeness (QED) is 0.838. The van der Waals surface area contributed by atoms with Gasteiger partial charge in [0.25, 0.3) is 0 Å². The van der Waals surface area contributed by atoms with Crippen molar-refractivity contribution in [3.63, 3.8) is 0 Å². The number of hydrogen-bond donors (Lipinski definition) is 2. The number of para-hydroxylation sites is 1. The van der Waals surface area contributed by atoms with E-state index in [9.17, 15) is 4.79 Å². The van der Waals surface area contributed by atoms with Crippen LogP contribution in [0.25, 0.3) is 0 Å². The van der Waals surface area contributed by atoms with Crippen LogP contribution in [0.5, 0.6) is 0 Å². The lowest BCUT2D eigenvalue weighted by Crippen LogP contribution is -2.61. The first kappa shape index (κ1) is 16.7. The summed E-state index contributed by atoms with van der Waals surface area (Å²) in [6.45, 7) is 8.73. The van der Waals surface area contributed by atoms with Crippen LogP contribution in [0.2, 0.25) is 0 Å². The molecule has 1 aromatic rings. The number of thiocarbonyl (C=S) groups is 1. The second-order valence-corrected chi connectivity index (χ2v) is 6.94. The minimum atomic E-state index is -0.0309. The summed E-state index contributed by atoms with van der Waals surface area (Å²) in [7, 11) is 0. The summed E-state index contributed by atoms with van der Waals surface area (Å²) in [5.41, 5.74) is 2.02. The molecule has 2 N–H and O–H groups in total. The van der Waals surface area contributed by atoms with E-state index in [1.807, 2.05) is 29.2 Å². The van der Waals surface area contributed by atoms with Crippen LogP contribution in [0.3, 0.4) is 0 Å². The highest BCUT2D eigenvalue weighted by molar-refractivity contribution is 7.80. The van der Waals surface area contributed by atoms with E-state index in [0.29, 0.717) is 5.11 Å². The smallest absolute Gasteiger partial charge is 0.243 e. The van der Waals surface area contributed by atoms with Gasteiger partial charge < -0.3 is 15.5 Å². The van der Waals surface area contributed by atoms with Gasteiger partial charge in [0, 0.05) is 17.3 Å². The van der Waals surface area contributed by atoms with Gasteiger partial charge in [-0.3, -0.25) is 4.79 Å². The normalized spacial score (nSPS) is 20.5. The molecule has 4 nitrogen and oxygen atoms in total. The SMILES string of the molecule is CCc1ccccc1NC(=O)CN1C(=S)NC(C)(C)C[C@H]1C. The summed E-state index contributed by atoms with van der Waals surface area (Å²) in [5.74, 6) is -0.0309. The molecule has 1 amide bonds. The largest absolute Gasteiger partial charge is 0.358 e. The number of carbonyl (C=O) groups excluding carboxylic acids is 1. The summed E-state index contributed by atoms with van der Waals surface area (Å²) >= 11 is 5.42. The molecule has 0 saturated carbocycles. The van der Waals surface area contributed by atoms with Crippen LogP contribution in [0.4, 0.5) is 5.69 Å². The maximum atomic E-state index is 12.4. The van der Waals surface area contributed by atoms with Crippen molar-refractivity contribution in [2.24, 2.45) is 0 Å². The lowest BCUT2D eigenvalue weighted by molar-refractivity contribution is -0.117. The highest BCUT2D eigenvalue weighted by atomic mass is 32.1. The van der Waals surface area contributed by atoms with Crippen LogP contribution in [-0.4, -0.2) is 34.0 Å². The number of aryl methyl sites for hydroxylation is 1. The summed E-state index contributed by atoms with van der Waals surface area (Å²) in [4.78, 5) is 14.3. The molecule has 120 valence electrons. The third kappa shape index (κ3) is 3.97. The molecule has 1 heterocycles. The molecule has 22 heavy (non-hydrogen) atoms. The third-order valence-electron chi connectivity index (χ3n) is 4.03. The van der Waals surface area contributed by atoms with Crippen molar-refractivity contribution < 1.29 is 4.79 Å². The van der Waals surface area contributed by atoms with Crippen LogP contribution >= 0.6 is 12.2 Å². The Labute approximate surface area is 138 Å². The molecule has 0 unspecified atom stereocenters. The molecule has 5 heteroatoms. The first-order valence-electron chi connectivity index (χ1n) is 7.79. The van der Waals surface area contributed by atoms with E-state index in [-0.39, 0.29) is 24.0 Å². The van der Waals surface area contributed by atoms with Crippen molar-refractivity contribution >= 4 is 28.9 Å². The number of rotatable bonds is 4. The van der Waals surface area contributed by atoms with Crippen LogP contribution in [-0.2, 0) is 11.2 Å². The van der Waals surface area contributed by atoms with Gasteiger partial charge in [0.15, 0.2) is 5.11 Å². The topological polar surface area (TPSA) is 44.4 Å². The van der Waals surface area contributed by atoms with E-state index in [2.05, 4.69) is 38.3 Å². The number of benzene rings is 1. The highest BCUT2D eigenvalue weighted by Gasteiger charge is 2.33. The van der Waals surface area contributed by atoms with Crippen LogP contribution in [0.1, 0.15) is 39.7 Å². The minimum absolute atomic E-state index is 0.0156. The molecule has 2 rings (SSSR count). The first-order chi connectivity index (χ1) is 10.3. The predicted molar refractivity (Wildman–Crippen MR) is 95.0 cm³/mol. The Kier molecular flexibility index (Phi) is 5.06. The Morgan fingerprint density at radius 2 is 2.14 bits per heavy atom. The monoisotopic (exact) mass is 319 g/mol. The highest BCUT2D eigenvalue weighted by Crippen LogP contribution is 2.22. The van der Waals surface area contributed by atoms with Gasteiger partial charge >= 0.3 is 0 Å². The Morgan fingerprint density at radius 3 is 2.77 bits per heavy atom. The number of nitrogens with one attached hydrogen (secondary N) is 2. The molecule has 0 spiro atoms. The lowest BCUT2D eigenvalue weighted by atomic mass is 9.93. The molecule has 1 saturated heterocycles. The van der Waals surface area contributed by atoms with Gasteiger partial charge in [-0.15, -0.1) is 0 Å². The van der Waals surface area contributed by atoms with Crippen molar-refractivity contribution in [3.05, 3.63) is 29.8 Å². The Hall–Kier alpha value is -1.62. The lowest BCUT2D eigenvalue weighted by Gasteiger charge is -2.44. The fourth-order valence-electron chi connectivity index (χ4n) is 2.98. The molecule has 0 radical (unpaired) electrons. The van der Waals surface area contributed by atoms with Crippen molar-refractivity contribution in [2.45, 2.75) is 52.1 Å². The van der Waals surface area contributed by atoms with Crippen molar-refractivity contribution in [3.8, 4) is 0 Å². The van der Waals surface area contributed by atoms with E-state index in [1.54, 1.807) is 0 Å². The van der Waals surface area contributed by atoms with Crippen LogP contribution in [0, 0.1) is 0 Å². The molecule has 0 bridgehead atoms. The molecule has 1 atom stereocenters. The van der Waals surface area contributed by atoms with Gasteiger partial charge in [-0.2, -0.15) is 0 Å². The first-order valence-corrected chi connectivity index (χ1v) is 8.20. The molecular formula is C17H25N3OS. The van der Waals surface area contributed by atoms with E-state index < -0.39 is 0 Å². The Balaban J connectivity index is 2.01. The third-order valence-corrected chi connectivity index (χ3v) is 4.37. The Bertz CT molecular complexity index is 571. The number of hydrogen-bond acceptors (Lipinski definition) is 2. The average Bonchev–Trinajstić information content (AvgIpc) is 2.42. The van der Waals surface area contributed by atoms with E-state index in [4.69, 9.17) is 12.2 Å². The maximum Gasteiger partial charge on any atom is 0.243 e. The number of amides is 1. The van der Waals surface area contributed by atoms with Crippen molar-refractivity contribution in [1.29, 1.82) is 0 Å². The zero-order valence-electron chi connectivity index (χ0n) is 13.8. The van der Waals surface area contributed by atoms with Crippen LogP contribution in [0.15, 0.2) is 24.3 Å². The number of anilines is 1. The van der Waals surface area contributed by atoms with Crippen molar-refractivity contribution in [1.82, 2.24) is 10.2 Å². The molecule has 1 aromatic carbocycles. The molecule has 0 aliphatic carbocycles. The van der Waals surface area contributed by atoms with E-state index in [0.717, 1.165) is 24.1 Å². The van der Waals surface area contributed by atoms with Gasteiger partial charge in [0.1, 0.15) is 0 Å². The van der Waals surface area contributed by atoms with Gasteiger partial charge in [0.05, 0.1) is 6.54 Å². The molecule has 0 aromatic heterocycles. The molecule has 1 fully saturated rings. The van der Waals surface area contributed by atoms with Crippen molar-refractivity contribution in [2.75, 3.05) is 11.9 Å². The van der Waals surface area contributed by atoms with Gasteiger partial charge in [0.2, 0.25) is 5.91 Å². The second kappa shape index (κ2) is 6.65. The zero-order valence-corrected chi connectivity index (χ0v) is 14.6. The number of carbonyl (C=O) groups is 1. The minimum Gasteiger partial charge on any atom is -0.358 e. The fourth-order valence-corrected chi connectivity index (χ4v) is 3.50. The second-order valence-electron chi connectivity index (χ2n) is 6.55. The maximum absolute atomic E-state index is 12.4. The number of nitrogens with zero attached hydrogens (tertiary/aromatic N) is 1. The van der Waals surface area contributed by atoms with Gasteiger partial charge in [-0.05, 0) is 57.5 Å². The van der Waals surface area contributed by atoms with Gasteiger partial charge in [-0.25, -0.2) is 0 Å². The van der Waals surface area contributed by atoms with E-state index in [1.165, 1.54) is 0 Å². The molecular weight excluding hydrogens is 294 g/mol. The zero-order chi connectivity index (χ0) is 16.3. The van der Waals surface area contributed by atoms with E-state index >= 15 is 0 Å². The predicted octanol–water partition coefficient (Wildman–Crippen LogP) is 2.93. The average molecular weight is 319 g/mol. The summed E-state index contributed by atoms with van der Waals surface area (Å²) in [6, 6.07) is 8.15. The summed E-state index contributed by atoms with van der Waals surface area (Å²) < 4.78 is 0. The summed E-state index contributed by atoms with van der Waals surface area (Å²) in [6.07, 6.45) is 1.84. The fraction of sp³-hybridized carbons (Fsp3) is 0.529. The standard InChI is InChI=1S/C17H25N3OS/c1-5-13-8-6-7-9-14(13)18-15(21)11-20-12(2)10-17(3,4)19-16(20)22/h6-9,12H,5,10-11H2,1-4H3,(H,18,21)(H,19,22)/t12-/m1/s1.